The van der Waals surface area contributed by atoms with E-state index in [4.69, 9.17) is 4.52 Å². The Morgan fingerprint density at radius 3 is 2.63 bits per heavy atom. The molecular formula is C17H16F3N3O4. The van der Waals surface area contributed by atoms with Crippen molar-refractivity contribution in [3.05, 3.63) is 23.0 Å². The number of pyridine rings is 1. The SMILES string of the molecule is Cc1noc2nc(C3CC3)cc(C(=O)N3CCC(C(=O)O)(C(F)(F)F)C3)c12. The number of amides is 1. The highest BCUT2D eigenvalue weighted by atomic mass is 19.4. The van der Waals surface area contributed by atoms with Crippen molar-refractivity contribution < 1.29 is 32.4 Å². The third-order valence-corrected chi connectivity index (χ3v) is 5.37. The van der Waals surface area contributed by atoms with Crippen molar-refractivity contribution in [3.63, 3.8) is 0 Å². The van der Waals surface area contributed by atoms with Gasteiger partial charge in [-0.05, 0) is 32.3 Å². The average Bonchev–Trinajstić information content (AvgIpc) is 3.22. The van der Waals surface area contributed by atoms with Crippen molar-refractivity contribution in [2.45, 2.75) is 38.3 Å². The van der Waals surface area contributed by atoms with Gasteiger partial charge in [0.1, 0.15) is 0 Å². The molecule has 1 saturated heterocycles. The van der Waals surface area contributed by atoms with Gasteiger partial charge in [-0.15, -0.1) is 0 Å². The van der Waals surface area contributed by atoms with E-state index in [1.54, 1.807) is 13.0 Å². The second-order valence-corrected chi connectivity index (χ2v) is 7.18. The number of aliphatic carboxylic acids is 1. The second kappa shape index (κ2) is 5.67. The minimum absolute atomic E-state index is 0.156. The number of carboxylic acid groups (broad SMARTS) is 1. The summed E-state index contributed by atoms with van der Waals surface area (Å²) in [4.78, 5) is 29.7. The third-order valence-electron chi connectivity index (χ3n) is 5.37. The fourth-order valence-corrected chi connectivity index (χ4v) is 3.55. The predicted molar refractivity (Wildman–Crippen MR) is 85.2 cm³/mol. The summed E-state index contributed by atoms with van der Waals surface area (Å²) in [6.45, 7) is 0.400. The van der Waals surface area contributed by atoms with Crippen molar-refractivity contribution in [2.75, 3.05) is 13.1 Å². The van der Waals surface area contributed by atoms with E-state index >= 15 is 0 Å². The van der Waals surface area contributed by atoms with E-state index in [9.17, 15) is 27.9 Å². The molecule has 27 heavy (non-hydrogen) atoms. The van der Waals surface area contributed by atoms with Crippen molar-refractivity contribution in [1.82, 2.24) is 15.0 Å². The van der Waals surface area contributed by atoms with Crippen molar-refractivity contribution in [1.29, 1.82) is 0 Å². The van der Waals surface area contributed by atoms with Gasteiger partial charge in [-0.1, -0.05) is 5.16 Å². The molecule has 0 radical (unpaired) electrons. The summed E-state index contributed by atoms with van der Waals surface area (Å²) < 4.78 is 45.3. The maximum absolute atomic E-state index is 13.4. The lowest BCUT2D eigenvalue weighted by Gasteiger charge is -2.27. The average molecular weight is 383 g/mol. The summed E-state index contributed by atoms with van der Waals surface area (Å²) in [5.74, 6) is -2.44. The van der Waals surface area contributed by atoms with Gasteiger partial charge in [0.05, 0.1) is 16.6 Å². The molecule has 144 valence electrons. The Bertz CT molecular complexity index is 951. The largest absolute Gasteiger partial charge is 0.481 e. The van der Waals surface area contributed by atoms with Crippen LogP contribution in [-0.2, 0) is 4.79 Å². The molecule has 2 aliphatic rings. The van der Waals surface area contributed by atoms with E-state index in [2.05, 4.69) is 10.1 Å². The summed E-state index contributed by atoms with van der Waals surface area (Å²) in [7, 11) is 0. The van der Waals surface area contributed by atoms with Crippen LogP contribution in [0.1, 0.15) is 46.9 Å². The number of alkyl halides is 3. The molecule has 0 bridgehead atoms. The monoisotopic (exact) mass is 383 g/mol. The lowest BCUT2D eigenvalue weighted by Crippen LogP contribution is -2.47. The van der Waals surface area contributed by atoms with Gasteiger partial charge >= 0.3 is 12.1 Å². The summed E-state index contributed by atoms with van der Waals surface area (Å²) >= 11 is 0. The van der Waals surface area contributed by atoms with Crippen LogP contribution in [0.25, 0.3) is 11.1 Å². The number of likely N-dealkylation sites (tertiary alicyclic amines) is 1. The van der Waals surface area contributed by atoms with E-state index in [-0.39, 0.29) is 23.7 Å². The minimum atomic E-state index is -4.95. The molecule has 3 heterocycles. The van der Waals surface area contributed by atoms with E-state index in [0.29, 0.717) is 16.8 Å². The van der Waals surface area contributed by atoms with Crippen LogP contribution >= 0.6 is 0 Å². The van der Waals surface area contributed by atoms with Crippen LogP contribution in [0.5, 0.6) is 0 Å². The van der Waals surface area contributed by atoms with Gasteiger partial charge in [0.2, 0.25) is 0 Å². The third kappa shape index (κ3) is 2.65. The first-order chi connectivity index (χ1) is 12.6. The molecule has 0 spiro atoms. The smallest absolute Gasteiger partial charge is 0.406 e. The highest BCUT2D eigenvalue weighted by Gasteiger charge is 2.64. The number of aromatic nitrogens is 2. The van der Waals surface area contributed by atoms with Crippen LogP contribution in [0.2, 0.25) is 0 Å². The molecule has 1 unspecified atom stereocenters. The predicted octanol–water partition coefficient (Wildman–Crippen LogP) is 2.89. The topological polar surface area (TPSA) is 96.5 Å². The van der Waals surface area contributed by atoms with Crippen molar-refractivity contribution >= 4 is 23.0 Å². The van der Waals surface area contributed by atoms with Crippen LogP contribution in [0.3, 0.4) is 0 Å². The van der Waals surface area contributed by atoms with E-state index in [0.717, 1.165) is 17.7 Å². The van der Waals surface area contributed by atoms with E-state index in [1.807, 2.05) is 0 Å². The number of hydrogen-bond donors (Lipinski definition) is 1. The second-order valence-electron chi connectivity index (χ2n) is 7.18. The first kappa shape index (κ1) is 17.7. The van der Waals surface area contributed by atoms with Crippen LogP contribution in [-0.4, -0.2) is 51.3 Å². The molecule has 0 aromatic carbocycles. The molecule has 1 N–H and O–H groups in total. The molecule has 1 aliphatic carbocycles. The Hall–Kier alpha value is -2.65. The summed E-state index contributed by atoms with van der Waals surface area (Å²) in [6.07, 6.45) is -3.80. The molecule has 2 aromatic heterocycles. The highest BCUT2D eigenvalue weighted by Crippen LogP contribution is 2.46. The Morgan fingerprint density at radius 1 is 1.37 bits per heavy atom. The maximum Gasteiger partial charge on any atom is 0.406 e. The first-order valence-corrected chi connectivity index (χ1v) is 8.50. The van der Waals surface area contributed by atoms with Crippen LogP contribution in [0, 0.1) is 12.3 Å². The van der Waals surface area contributed by atoms with Gasteiger partial charge in [0.15, 0.2) is 5.41 Å². The number of carboxylic acids is 1. The zero-order valence-corrected chi connectivity index (χ0v) is 14.3. The van der Waals surface area contributed by atoms with Gasteiger partial charge in [0.25, 0.3) is 11.6 Å². The molecule has 10 heteroatoms. The molecule has 1 aliphatic heterocycles. The summed E-state index contributed by atoms with van der Waals surface area (Å²) in [5, 5.41) is 13.3. The zero-order valence-electron chi connectivity index (χ0n) is 14.3. The fraction of sp³-hybridized carbons (Fsp3) is 0.529. The number of aryl methyl sites for hydroxylation is 1. The standard InChI is InChI=1S/C17H16F3N3O4/c1-8-12-10(6-11(9-2-3-9)21-13(12)27-22-8)14(24)23-5-4-16(7-23,15(25)26)17(18,19)20/h6,9H,2-5,7H2,1H3,(H,25,26). The number of hydrogen-bond acceptors (Lipinski definition) is 5. The number of carbonyl (C=O) groups excluding carboxylic acids is 1. The molecule has 4 rings (SSSR count). The van der Waals surface area contributed by atoms with Gasteiger partial charge < -0.3 is 14.5 Å². The normalized spacial score (nSPS) is 23.2. The number of fused-ring (bicyclic) bond motifs is 1. The molecule has 7 nitrogen and oxygen atoms in total. The van der Waals surface area contributed by atoms with E-state index in [1.165, 1.54) is 0 Å². The van der Waals surface area contributed by atoms with Gasteiger partial charge in [-0.2, -0.15) is 13.2 Å². The molecule has 1 amide bonds. The van der Waals surface area contributed by atoms with Crippen molar-refractivity contribution in [2.24, 2.45) is 5.41 Å². The molecular weight excluding hydrogens is 367 g/mol. The van der Waals surface area contributed by atoms with Crippen molar-refractivity contribution in [3.8, 4) is 0 Å². The zero-order chi connectivity index (χ0) is 19.6. The van der Waals surface area contributed by atoms with Gasteiger partial charge in [0, 0.05) is 24.7 Å². The number of halogens is 3. The molecule has 2 fully saturated rings. The Balaban J connectivity index is 1.73. The Kier molecular flexibility index (Phi) is 3.73. The van der Waals surface area contributed by atoms with Crippen LogP contribution < -0.4 is 0 Å². The van der Waals surface area contributed by atoms with Crippen LogP contribution in [0.15, 0.2) is 10.6 Å². The molecule has 2 aromatic rings. The van der Waals surface area contributed by atoms with E-state index < -0.39 is 36.4 Å². The minimum Gasteiger partial charge on any atom is -0.481 e. The summed E-state index contributed by atoms with van der Waals surface area (Å²) in [5.41, 5.74) is -1.58. The first-order valence-electron chi connectivity index (χ1n) is 8.50. The lowest BCUT2D eigenvalue weighted by atomic mass is 9.86. The van der Waals surface area contributed by atoms with Crippen LogP contribution in [0.4, 0.5) is 13.2 Å². The van der Waals surface area contributed by atoms with Gasteiger partial charge in [-0.25, -0.2) is 4.98 Å². The number of nitrogens with zero attached hydrogens (tertiary/aromatic N) is 3. The quantitative estimate of drug-likeness (QED) is 0.876. The Labute approximate surface area is 151 Å². The number of rotatable bonds is 3. The Morgan fingerprint density at radius 2 is 2.07 bits per heavy atom. The fourth-order valence-electron chi connectivity index (χ4n) is 3.55. The summed E-state index contributed by atoms with van der Waals surface area (Å²) in [6, 6.07) is 1.57. The maximum atomic E-state index is 13.4. The lowest BCUT2D eigenvalue weighted by molar-refractivity contribution is -0.227. The highest BCUT2D eigenvalue weighted by molar-refractivity contribution is 6.06. The van der Waals surface area contributed by atoms with Gasteiger partial charge in [-0.3, -0.25) is 9.59 Å². The molecule has 1 saturated carbocycles. The molecule has 1 atom stereocenters. The number of carbonyl (C=O) groups is 2.